The van der Waals surface area contributed by atoms with Gasteiger partial charge in [-0.25, -0.2) is 4.39 Å². The molecule has 1 aliphatic heterocycles. The summed E-state index contributed by atoms with van der Waals surface area (Å²) in [6.45, 7) is 2.02. The van der Waals surface area contributed by atoms with Crippen molar-refractivity contribution in [2.75, 3.05) is 18.8 Å². The molecule has 2 rings (SSSR count). The quantitative estimate of drug-likeness (QED) is 0.642. The maximum Gasteiger partial charge on any atom is 0.146 e. The molecule has 0 amide bonds. The van der Waals surface area contributed by atoms with Gasteiger partial charge in [-0.1, -0.05) is 6.07 Å². The molecule has 1 heterocycles. The second-order valence-electron chi connectivity index (χ2n) is 3.47. The van der Waals surface area contributed by atoms with Gasteiger partial charge in [0, 0.05) is 6.54 Å². The van der Waals surface area contributed by atoms with E-state index < -0.39 is 0 Å². The summed E-state index contributed by atoms with van der Waals surface area (Å²) in [5, 5.41) is 3.27. The molecular formula is C10H13FN2. The third kappa shape index (κ3) is 1.65. The first-order valence-electron chi connectivity index (χ1n) is 4.53. The smallest absolute Gasteiger partial charge is 0.146 e. The van der Waals surface area contributed by atoms with Crippen LogP contribution < -0.4 is 11.1 Å². The highest BCUT2D eigenvalue weighted by Gasteiger charge is 2.16. The Morgan fingerprint density at radius 3 is 2.92 bits per heavy atom. The SMILES string of the molecule is Nc1cc(C2CCNC2)ccc1F. The molecule has 3 heteroatoms. The third-order valence-corrected chi connectivity index (χ3v) is 2.55. The molecule has 1 aliphatic rings. The maximum atomic E-state index is 12.8. The Labute approximate surface area is 76.9 Å². The van der Waals surface area contributed by atoms with Gasteiger partial charge in [-0.15, -0.1) is 0 Å². The molecule has 1 fully saturated rings. The van der Waals surface area contributed by atoms with Crippen LogP contribution in [0.5, 0.6) is 0 Å². The van der Waals surface area contributed by atoms with Gasteiger partial charge in [0.2, 0.25) is 0 Å². The monoisotopic (exact) mass is 180 g/mol. The standard InChI is InChI=1S/C10H13FN2/c11-9-2-1-7(5-10(9)12)8-3-4-13-6-8/h1-2,5,8,13H,3-4,6,12H2. The second kappa shape index (κ2) is 3.34. The van der Waals surface area contributed by atoms with E-state index in [1.165, 1.54) is 6.07 Å². The molecule has 0 radical (unpaired) electrons. The summed E-state index contributed by atoms with van der Waals surface area (Å²) in [5.74, 6) is 0.178. The Morgan fingerprint density at radius 2 is 2.31 bits per heavy atom. The maximum absolute atomic E-state index is 12.8. The number of nitrogens with one attached hydrogen (secondary N) is 1. The fraction of sp³-hybridized carbons (Fsp3) is 0.400. The topological polar surface area (TPSA) is 38.0 Å². The number of halogens is 1. The Bertz CT molecular complexity index is 306. The number of hydrogen-bond donors (Lipinski definition) is 2. The highest BCUT2D eigenvalue weighted by atomic mass is 19.1. The van der Waals surface area contributed by atoms with Crippen molar-refractivity contribution in [3.63, 3.8) is 0 Å². The average Bonchev–Trinajstić information content (AvgIpc) is 2.62. The van der Waals surface area contributed by atoms with Crippen LogP contribution in [0.3, 0.4) is 0 Å². The predicted octanol–water partition coefficient (Wildman–Crippen LogP) is 1.48. The molecule has 13 heavy (non-hydrogen) atoms. The number of rotatable bonds is 1. The number of anilines is 1. The lowest BCUT2D eigenvalue weighted by molar-refractivity contribution is 0.630. The molecule has 1 unspecified atom stereocenters. The minimum Gasteiger partial charge on any atom is -0.396 e. The van der Waals surface area contributed by atoms with E-state index in [4.69, 9.17) is 5.73 Å². The fourth-order valence-corrected chi connectivity index (χ4v) is 1.76. The zero-order chi connectivity index (χ0) is 9.26. The van der Waals surface area contributed by atoms with Gasteiger partial charge in [0.1, 0.15) is 5.82 Å². The average molecular weight is 180 g/mol. The van der Waals surface area contributed by atoms with Crippen LogP contribution in [0.1, 0.15) is 17.9 Å². The van der Waals surface area contributed by atoms with E-state index in [0.717, 1.165) is 25.1 Å². The van der Waals surface area contributed by atoms with Gasteiger partial charge in [-0.3, -0.25) is 0 Å². The van der Waals surface area contributed by atoms with Gasteiger partial charge < -0.3 is 11.1 Å². The molecule has 0 saturated carbocycles. The van der Waals surface area contributed by atoms with Crippen LogP contribution in [-0.4, -0.2) is 13.1 Å². The third-order valence-electron chi connectivity index (χ3n) is 2.55. The second-order valence-corrected chi connectivity index (χ2v) is 3.47. The van der Waals surface area contributed by atoms with Crippen molar-refractivity contribution in [2.24, 2.45) is 0 Å². The zero-order valence-electron chi connectivity index (χ0n) is 7.39. The van der Waals surface area contributed by atoms with Crippen molar-refractivity contribution >= 4 is 5.69 Å². The molecule has 0 spiro atoms. The summed E-state index contributed by atoms with van der Waals surface area (Å²) >= 11 is 0. The molecule has 1 atom stereocenters. The lowest BCUT2D eigenvalue weighted by atomic mass is 9.98. The van der Waals surface area contributed by atoms with Crippen LogP contribution >= 0.6 is 0 Å². The minimum atomic E-state index is -0.324. The predicted molar refractivity (Wildman–Crippen MR) is 51.0 cm³/mol. The van der Waals surface area contributed by atoms with Gasteiger partial charge in [0.25, 0.3) is 0 Å². The van der Waals surface area contributed by atoms with Crippen LogP contribution in [-0.2, 0) is 0 Å². The number of nitrogen functional groups attached to an aromatic ring is 1. The van der Waals surface area contributed by atoms with Crippen molar-refractivity contribution in [3.05, 3.63) is 29.6 Å². The molecule has 2 nitrogen and oxygen atoms in total. The van der Waals surface area contributed by atoms with E-state index in [1.807, 2.05) is 6.07 Å². The van der Waals surface area contributed by atoms with Gasteiger partial charge in [0.15, 0.2) is 0 Å². The molecule has 1 aromatic carbocycles. The highest BCUT2D eigenvalue weighted by molar-refractivity contribution is 5.43. The van der Waals surface area contributed by atoms with Crippen LogP contribution in [0.25, 0.3) is 0 Å². The summed E-state index contributed by atoms with van der Waals surface area (Å²) in [6.07, 6.45) is 1.12. The number of hydrogen-bond acceptors (Lipinski definition) is 2. The first-order valence-corrected chi connectivity index (χ1v) is 4.53. The van der Waals surface area contributed by atoms with Crippen molar-refractivity contribution in [1.82, 2.24) is 5.32 Å². The van der Waals surface area contributed by atoms with E-state index in [9.17, 15) is 4.39 Å². The molecule has 0 aromatic heterocycles. The van der Waals surface area contributed by atoms with Crippen molar-refractivity contribution in [1.29, 1.82) is 0 Å². The first kappa shape index (κ1) is 8.51. The zero-order valence-corrected chi connectivity index (χ0v) is 7.39. The van der Waals surface area contributed by atoms with Gasteiger partial charge in [0.05, 0.1) is 5.69 Å². The van der Waals surface area contributed by atoms with Crippen molar-refractivity contribution in [2.45, 2.75) is 12.3 Å². The molecule has 3 N–H and O–H groups in total. The molecule has 1 saturated heterocycles. The number of benzene rings is 1. The van der Waals surface area contributed by atoms with Crippen LogP contribution in [0.2, 0.25) is 0 Å². The lowest BCUT2D eigenvalue weighted by Gasteiger charge is -2.09. The molecule has 70 valence electrons. The summed E-state index contributed by atoms with van der Waals surface area (Å²) in [6, 6.07) is 5.01. The normalized spacial score (nSPS) is 22.1. The fourth-order valence-electron chi connectivity index (χ4n) is 1.76. The Kier molecular flexibility index (Phi) is 2.19. The van der Waals surface area contributed by atoms with Crippen molar-refractivity contribution < 1.29 is 4.39 Å². The molecule has 1 aromatic rings. The Balaban J connectivity index is 2.25. The summed E-state index contributed by atoms with van der Waals surface area (Å²) < 4.78 is 12.8. The van der Waals surface area contributed by atoms with Gasteiger partial charge in [-0.2, -0.15) is 0 Å². The highest BCUT2D eigenvalue weighted by Crippen LogP contribution is 2.24. The van der Waals surface area contributed by atoms with E-state index in [1.54, 1.807) is 6.07 Å². The summed E-state index contributed by atoms with van der Waals surface area (Å²) in [5.41, 5.74) is 6.89. The lowest BCUT2D eigenvalue weighted by Crippen LogP contribution is -2.08. The molecule has 0 aliphatic carbocycles. The summed E-state index contributed by atoms with van der Waals surface area (Å²) in [7, 11) is 0. The van der Waals surface area contributed by atoms with E-state index in [0.29, 0.717) is 5.92 Å². The van der Waals surface area contributed by atoms with E-state index in [-0.39, 0.29) is 11.5 Å². The largest absolute Gasteiger partial charge is 0.396 e. The summed E-state index contributed by atoms with van der Waals surface area (Å²) in [4.78, 5) is 0. The molecular weight excluding hydrogens is 167 g/mol. The van der Waals surface area contributed by atoms with Crippen molar-refractivity contribution in [3.8, 4) is 0 Å². The van der Waals surface area contributed by atoms with E-state index >= 15 is 0 Å². The Morgan fingerprint density at radius 1 is 1.46 bits per heavy atom. The number of nitrogens with two attached hydrogens (primary N) is 1. The Hall–Kier alpha value is -1.09. The van der Waals surface area contributed by atoms with Gasteiger partial charge >= 0.3 is 0 Å². The first-order chi connectivity index (χ1) is 6.27. The van der Waals surface area contributed by atoms with Crippen LogP contribution in [0.4, 0.5) is 10.1 Å². The van der Waals surface area contributed by atoms with Crippen LogP contribution in [0, 0.1) is 5.82 Å². The molecule has 0 bridgehead atoms. The van der Waals surface area contributed by atoms with Crippen LogP contribution in [0.15, 0.2) is 18.2 Å². The van der Waals surface area contributed by atoms with E-state index in [2.05, 4.69) is 5.32 Å². The minimum absolute atomic E-state index is 0.254. The van der Waals surface area contributed by atoms with Gasteiger partial charge in [-0.05, 0) is 36.6 Å².